The number of carbonyl (C=O) groups is 3. The molecule has 27 heavy (non-hydrogen) atoms. The van der Waals surface area contributed by atoms with E-state index in [4.69, 9.17) is 5.11 Å². The van der Waals surface area contributed by atoms with Crippen molar-refractivity contribution in [3.05, 3.63) is 11.6 Å². The monoisotopic (exact) mass is 378 g/mol. The third-order valence-electron chi connectivity index (χ3n) is 5.73. The summed E-state index contributed by atoms with van der Waals surface area (Å²) in [6, 6.07) is 0. The molecule has 1 N–H and O–H groups in total. The molecule has 1 fully saturated rings. The Bertz CT molecular complexity index is 503. The molecule has 0 unspecified atom stereocenters. The summed E-state index contributed by atoms with van der Waals surface area (Å²) in [5, 5.41) is 8.57. The smallest absolute Gasteiger partial charge is 0.372 e. The molecule has 154 valence electrons. The minimum Gasteiger partial charge on any atom is -0.476 e. The van der Waals surface area contributed by atoms with Gasteiger partial charge in [-0.3, -0.25) is 9.59 Å². The molecule has 4 heteroatoms. The van der Waals surface area contributed by atoms with Crippen LogP contribution in [0, 0.1) is 11.8 Å². The lowest BCUT2D eigenvalue weighted by Gasteiger charge is -2.18. The van der Waals surface area contributed by atoms with Crippen LogP contribution in [-0.4, -0.2) is 22.6 Å². The lowest BCUT2D eigenvalue weighted by molar-refractivity contribution is -0.149. The van der Waals surface area contributed by atoms with E-state index in [0.29, 0.717) is 18.1 Å². The van der Waals surface area contributed by atoms with Crippen LogP contribution in [0.15, 0.2) is 11.6 Å². The highest BCUT2D eigenvalue weighted by atomic mass is 16.4. The fraction of sp³-hybridized carbons (Fsp3) is 0.783. The largest absolute Gasteiger partial charge is 0.476 e. The van der Waals surface area contributed by atoms with Crippen molar-refractivity contribution in [3.8, 4) is 0 Å². The van der Waals surface area contributed by atoms with E-state index in [0.717, 1.165) is 32.1 Å². The number of hydrogen-bond acceptors (Lipinski definition) is 3. The number of hydrogen-bond donors (Lipinski definition) is 1. The first-order valence-corrected chi connectivity index (χ1v) is 10.8. The van der Waals surface area contributed by atoms with Crippen LogP contribution in [0.1, 0.15) is 104 Å². The lowest BCUT2D eigenvalue weighted by Crippen LogP contribution is -2.15. The zero-order valence-corrected chi connectivity index (χ0v) is 17.3. The van der Waals surface area contributed by atoms with Gasteiger partial charge in [0.05, 0.1) is 0 Å². The Morgan fingerprint density at radius 3 is 2.30 bits per heavy atom. The number of Topliss-reactive ketones (excluding diaryl/α,β-unsaturated/α-hetero) is 2. The average Bonchev–Trinajstić information content (AvgIpc) is 2.96. The Labute approximate surface area is 164 Å². The van der Waals surface area contributed by atoms with Gasteiger partial charge in [0, 0.05) is 18.8 Å². The zero-order chi connectivity index (χ0) is 20.1. The first-order chi connectivity index (χ1) is 12.9. The molecule has 0 amide bonds. The Kier molecular flexibility index (Phi) is 12.0. The quantitative estimate of drug-likeness (QED) is 0.219. The van der Waals surface area contributed by atoms with E-state index in [1.807, 2.05) is 0 Å². The molecule has 0 saturated heterocycles. The molecule has 1 aliphatic carbocycles. The van der Waals surface area contributed by atoms with Gasteiger partial charge in [-0.1, -0.05) is 50.2 Å². The molecule has 0 aromatic heterocycles. The number of ketones is 2. The third-order valence-corrected chi connectivity index (χ3v) is 5.73. The second-order valence-corrected chi connectivity index (χ2v) is 8.33. The summed E-state index contributed by atoms with van der Waals surface area (Å²) in [4.78, 5) is 33.7. The van der Waals surface area contributed by atoms with Crippen molar-refractivity contribution in [2.75, 3.05) is 0 Å². The second kappa shape index (κ2) is 13.7. The van der Waals surface area contributed by atoms with Crippen molar-refractivity contribution in [1.82, 2.24) is 0 Å². The van der Waals surface area contributed by atoms with Gasteiger partial charge in [0.25, 0.3) is 0 Å². The van der Waals surface area contributed by atoms with Crippen molar-refractivity contribution >= 4 is 17.5 Å². The van der Waals surface area contributed by atoms with E-state index in [1.165, 1.54) is 50.5 Å². The lowest BCUT2D eigenvalue weighted by atomic mass is 9.86. The first kappa shape index (κ1) is 23.6. The van der Waals surface area contributed by atoms with Gasteiger partial charge in [-0.25, -0.2) is 4.79 Å². The van der Waals surface area contributed by atoms with E-state index < -0.39 is 11.8 Å². The molecule has 2 atom stereocenters. The molecule has 0 aromatic carbocycles. The van der Waals surface area contributed by atoms with Crippen LogP contribution in [0.5, 0.6) is 0 Å². The molecular formula is C23H38O4. The van der Waals surface area contributed by atoms with Gasteiger partial charge in [0.15, 0.2) is 0 Å². The predicted molar refractivity (Wildman–Crippen MR) is 109 cm³/mol. The number of aliphatic carboxylic acids is 1. The van der Waals surface area contributed by atoms with Crippen molar-refractivity contribution < 1.29 is 19.5 Å². The van der Waals surface area contributed by atoms with Crippen LogP contribution in [0.4, 0.5) is 0 Å². The van der Waals surface area contributed by atoms with Crippen LogP contribution in [0.2, 0.25) is 0 Å². The summed E-state index contributed by atoms with van der Waals surface area (Å²) < 4.78 is 0. The number of carbonyl (C=O) groups excluding carboxylic acids is 2. The standard InChI is InChI=1S/C23H38O4/c1-18(2)12-8-5-3-4-6-9-13-19-16-17-21(24)20(19)14-10-7-11-15-22(25)23(26)27/h12,19-20H,3-11,13-17H2,1-2H3,(H,26,27)/t19-,20+/m0/s1. The van der Waals surface area contributed by atoms with Crippen LogP contribution in [0.25, 0.3) is 0 Å². The summed E-state index contributed by atoms with van der Waals surface area (Å²) in [7, 11) is 0. The van der Waals surface area contributed by atoms with Gasteiger partial charge < -0.3 is 5.11 Å². The predicted octanol–water partition coefficient (Wildman–Crippen LogP) is 5.88. The van der Waals surface area contributed by atoms with Crippen molar-refractivity contribution in [2.24, 2.45) is 11.8 Å². The van der Waals surface area contributed by atoms with Gasteiger partial charge in [-0.15, -0.1) is 0 Å². The number of unbranched alkanes of at least 4 members (excludes halogenated alkanes) is 7. The van der Waals surface area contributed by atoms with E-state index >= 15 is 0 Å². The summed E-state index contributed by atoms with van der Waals surface area (Å²) in [5.41, 5.74) is 1.40. The fourth-order valence-corrected chi connectivity index (χ4v) is 4.12. The van der Waals surface area contributed by atoms with Crippen LogP contribution < -0.4 is 0 Å². The van der Waals surface area contributed by atoms with E-state index in [2.05, 4.69) is 19.9 Å². The fourth-order valence-electron chi connectivity index (χ4n) is 4.12. The van der Waals surface area contributed by atoms with Gasteiger partial charge >= 0.3 is 5.97 Å². The maximum atomic E-state index is 12.2. The van der Waals surface area contributed by atoms with Crippen molar-refractivity contribution in [2.45, 2.75) is 104 Å². The SMILES string of the molecule is CC(C)=CCCCCCCC[C@H]1CCC(=O)[C@@H]1CCCCCC(=O)C(=O)O. The molecule has 1 rings (SSSR count). The van der Waals surface area contributed by atoms with Gasteiger partial charge in [0.1, 0.15) is 5.78 Å². The highest BCUT2D eigenvalue weighted by Crippen LogP contribution is 2.36. The molecular weight excluding hydrogens is 340 g/mol. The van der Waals surface area contributed by atoms with Crippen molar-refractivity contribution in [3.63, 3.8) is 0 Å². The Morgan fingerprint density at radius 2 is 1.59 bits per heavy atom. The molecule has 0 aromatic rings. The van der Waals surface area contributed by atoms with Crippen LogP contribution in [-0.2, 0) is 14.4 Å². The first-order valence-electron chi connectivity index (χ1n) is 10.8. The van der Waals surface area contributed by atoms with E-state index in [9.17, 15) is 14.4 Å². The van der Waals surface area contributed by atoms with Crippen LogP contribution >= 0.6 is 0 Å². The minimum atomic E-state index is -1.34. The molecule has 4 nitrogen and oxygen atoms in total. The number of rotatable bonds is 15. The highest BCUT2D eigenvalue weighted by molar-refractivity contribution is 6.32. The highest BCUT2D eigenvalue weighted by Gasteiger charge is 2.33. The summed E-state index contributed by atoms with van der Waals surface area (Å²) >= 11 is 0. The molecule has 0 heterocycles. The maximum Gasteiger partial charge on any atom is 0.372 e. The van der Waals surface area contributed by atoms with Crippen molar-refractivity contribution in [1.29, 1.82) is 0 Å². The minimum absolute atomic E-state index is 0.116. The van der Waals surface area contributed by atoms with E-state index in [-0.39, 0.29) is 12.3 Å². The average molecular weight is 379 g/mol. The number of allylic oxidation sites excluding steroid dienone is 2. The number of carboxylic acids is 1. The Balaban J connectivity index is 2.12. The maximum absolute atomic E-state index is 12.2. The van der Waals surface area contributed by atoms with Gasteiger partial charge in [-0.05, 0) is 58.3 Å². The van der Waals surface area contributed by atoms with Gasteiger partial charge in [-0.2, -0.15) is 0 Å². The molecule has 0 radical (unpaired) electrons. The third kappa shape index (κ3) is 10.5. The molecule has 0 aliphatic heterocycles. The second-order valence-electron chi connectivity index (χ2n) is 8.33. The molecule has 1 saturated carbocycles. The number of carboxylic acid groups (broad SMARTS) is 1. The molecule has 1 aliphatic rings. The topological polar surface area (TPSA) is 71.4 Å². The zero-order valence-electron chi connectivity index (χ0n) is 17.3. The van der Waals surface area contributed by atoms with Gasteiger partial charge in [0.2, 0.25) is 5.78 Å². The Morgan fingerprint density at radius 1 is 0.963 bits per heavy atom. The summed E-state index contributed by atoms with van der Waals surface area (Å²) in [6.45, 7) is 4.30. The Hall–Kier alpha value is -1.45. The van der Waals surface area contributed by atoms with E-state index in [1.54, 1.807) is 0 Å². The summed E-state index contributed by atoms with van der Waals surface area (Å²) in [5.74, 6) is -0.867. The molecule has 0 spiro atoms. The van der Waals surface area contributed by atoms with Crippen LogP contribution in [0.3, 0.4) is 0 Å². The normalized spacial score (nSPS) is 19.3. The summed E-state index contributed by atoms with van der Waals surface area (Å²) in [6.07, 6.45) is 16.2. The molecule has 0 bridgehead atoms.